The van der Waals surface area contributed by atoms with Crippen LogP contribution in [0.15, 0.2) is 17.3 Å². The van der Waals surface area contributed by atoms with Crippen molar-refractivity contribution < 1.29 is 8.42 Å². The summed E-state index contributed by atoms with van der Waals surface area (Å²) in [6, 6.07) is 0.0173. The summed E-state index contributed by atoms with van der Waals surface area (Å²) in [5.74, 6) is 0.546. The molecule has 0 aromatic carbocycles. The zero-order valence-corrected chi connectivity index (χ0v) is 13.6. The largest absolute Gasteiger partial charge is 0.272 e. The summed E-state index contributed by atoms with van der Waals surface area (Å²) in [6.07, 6.45) is 5.95. The fourth-order valence-electron chi connectivity index (χ4n) is 3.38. The highest BCUT2D eigenvalue weighted by atomic mass is 32.2. The summed E-state index contributed by atoms with van der Waals surface area (Å²) in [7, 11) is -3.46. The van der Waals surface area contributed by atoms with E-state index in [1.165, 1.54) is 6.20 Å². The van der Waals surface area contributed by atoms with Crippen molar-refractivity contribution in [2.75, 3.05) is 0 Å². The third kappa shape index (κ3) is 3.61. The first-order chi connectivity index (χ1) is 9.22. The lowest BCUT2D eigenvalue weighted by molar-refractivity contribution is 0.163. The molecule has 6 heteroatoms. The van der Waals surface area contributed by atoms with Crippen molar-refractivity contribution in [2.24, 2.45) is 11.3 Å². The maximum Gasteiger partial charge on any atom is 0.243 e. The minimum atomic E-state index is -3.46. The Bertz CT molecular complexity index is 563. The first-order valence-electron chi connectivity index (χ1n) is 7.26. The highest BCUT2D eigenvalue weighted by Gasteiger charge is 2.34. The average Bonchev–Trinajstić information content (AvgIpc) is 2.74. The Morgan fingerprint density at radius 1 is 1.45 bits per heavy atom. The van der Waals surface area contributed by atoms with Crippen molar-refractivity contribution in [1.29, 1.82) is 0 Å². The Balaban J connectivity index is 2.12. The zero-order chi connectivity index (χ0) is 15.0. The quantitative estimate of drug-likeness (QED) is 0.928. The summed E-state index contributed by atoms with van der Waals surface area (Å²) in [6.45, 7) is 9.21. The van der Waals surface area contributed by atoms with Gasteiger partial charge >= 0.3 is 0 Å². The van der Waals surface area contributed by atoms with Crippen molar-refractivity contribution in [1.82, 2.24) is 14.5 Å². The molecule has 1 aromatic heterocycles. The van der Waals surface area contributed by atoms with Crippen LogP contribution in [-0.2, 0) is 16.6 Å². The van der Waals surface area contributed by atoms with E-state index in [2.05, 4.69) is 30.6 Å². The van der Waals surface area contributed by atoms with Gasteiger partial charge in [0, 0.05) is 18.8 Å². The van der Waals surface area contributed by atoms with E-state index >= 15 is 0 Å². The molecule has 114 valence electrons. The van der Waals surface area contributed by atoms with Crippen LogP contribution >= 0.6 is 0 Å². The van der Waals surface area contributed by atoms with E-state index in [1.54, 1.807) is 10.9 Å². The molecule has 1 saturated carbocycles. The molecule has 1 N–H and O–H groups in total. The number of nitrogens with one attached hydrogen (secondary N) is 1. The first kappa shape index (κ1) is 15.5. The van der Waals surface area contributed by atoms with Gasteiger partial charge in [-0.15, -0.1) is 0 Å². The zero-order valence-electron chi connectivity index (χ0n) is 12.8. The average molecular weight is 299 g/mol. The van der Waals surface area contributed by atoms with E-state index in [0.29, 0.717) is 12.5 Å². The minimum Gasteiger partial charge on any atom is -0.272 e. The Labute approximate surface area is 121 Å². The van der Waals surface area contributed by atoms with Crippen LogP contribution in [0, 0.1) is 11.3 Å². The number of sulfonamides is 1. The summed E-state index contributed by atoms with van der Waals surface area (Å²) in [5.41, 5.74) is 0.193. The van der Waals surface area contributed by atoms with Crippen LogP contribution in [0.25, 0.3) is 0 Å². The molecule has 2 rings (SSSR count). The smallest absolute Gasteiger partial charge is 0.243 e. The molecule has 1 aromatic rings. The molecule has 0 amide bonds. The molecule has 0 aliphatic heterocycles. The van der Waals surface area contributed by atoms with E-state index in [0.717, 1.165) is 19.3 Å². The molecule has 5 nitrogen and oxygen atoms in total. The van der Waals surface area contributed by atoms with Crippen LogP contribution in [0.4, 0.5) is 0 Å². The number of aromatic nitrogens is 2. The van der Waals surface area contributed by atoms with Gasteiger partial charge in [0.15, 0.2) is 0 Å². The van der Waals surface area contributed by atoms with Gasteiger partial charge in [-0.1, -0.05) is 20.8 Å². The molecule has 1 heterocycles. The van der Waals surface area contributed by atoms with Crippen LogP contribution in [0.1, 0.15) is 47.0 Å². The Hall–Kier alpha value is -0.880. The van der Waals surface area contributed by atoms with Crippen molar-refractivity contribution in [3.8, 4) is 0 Å². The third-order valence-electron chi connectivity index (χ3n) is 3.95. The first-order valence-corrected chi connectivity index (χ1v) is 8.75. The topological polar surface area (TPSA) is 64.0 Å². The Kier molecular flexibility index (Phi) is 4.25. The van der Waals surface area contributed by atoms with E-state index in [9.17, 15) is 8.42 Å². The normalized spacial score (nSPS) is 26.6. The number of rotatable bonds is 4. The molecule has 0 spiro atoms. The van der Waals surface area contributed by atoms with Crippen molar-refractivity contribution in [2.45, 2.75) is 64.4 Å². The molecule has 2 atom stereocenters. The molecular weight excluding hydrogens is 274 g/mol. The van der Waals surface area contributed by atoms with Crippen molar-refractivity contribution in [3.05, 3.63) is 12.4 Å². The monoisotopic (exact) mass is 299 g/mol. The molecule has 1 fully saturated rings. The van der Waals surface area contributed by atoms with Gasteiger partial charge in [-0.2, -0.15) is 5.10 Å². The second-order valence-electron chi connectivity index (χ2n) is 6.76. The summed E-state index contributed by atoms with van der Waals surface area (Å²) < 4.78 is 29.2. The van der Waals surface area contributed by atoms with Gasteiger partial charge in [0.25, 0.3) is 0 Å². The fourth-order valence-corrected chi connectivity index (χ4v) is 4.58. The standard InChI is InChI=1S/C14H25N3O2S/c1-5-17-10-13(9-15-17)20(18,19)16-12-6-11(2)7-14(3,4)8-12/h9-12,16H,5-8H2,1-4H3. The van der Waals surface area contributed by atoms with Crippen LogP contribution < -0.4 is 4.72 Å². The molecule has 0 saturated heterocycles. The van der Waals surface area contributed by atoms with Gasteiger partial charge in [-0.3, -0.25) is 4.68 Å². The van der Waals surface area contributed by atoms with Gasteiger partial charge in [0.1, 0.15) is 4.90 Å². The molecule has 2 unspecified atom stereocenters. The number of hydrogen-bond acceptors (Lipinski definition) is 3. The van der Waals surface area contributed by atoms with E-state index in [1.807, 2.05) is 6.92 Å². The van der Waals surface area contributed by atoms with E-state index in [-0.39, 0.29) is 16.4 Å². The third-order valence-corrected chi connectivity index (χ3v) is 5.43. The van der Waals surface area contributed by atoms with Crippen LogP contribution in [0.2, 0.25) is 0 Å². The van der Waals surface area contributed by atoms with Gasteiger partial charge in [0.2, 0.25) is 10.0 Å². The highest BCUT2D eigenvalue weighted by molar-refractivity contribution is 7.89. The van der Waals surface area contributed by atoms with Gasteiger partial charge in [0.05, 0.1) is 6.20 Å². The van der Waals surface area contributed by atoms with E-state index < -0.39 is 10.0 Å². The SMILES string of the molecule is CCn1cc(S(=O)(=O)NC2CC(C)CC(C)(C)C2)cn1. The summed E-state index contributed by atoms with van der Waals surface area (Å²) >= 11 is 0. The van der Waals surface area contributed by atoms with Gasteiger partial charge in [-0.25, -0.2) is 13.1 Å². The van der Waals surface area contributed by atoms with Gasteiger partial charge in [-0.05, 0) is 37.5 Å². The summed E-state index contributed by atoms with van der Waals surface area (Å²) in [5, 5.41) is 4.04. The lowest BCUT2D eigenvalue weighted by Gasteiger charge is -2.39. The lowest BCUT2D eigenvalue weighted by atomic mass is 9.71. The second kappa shape index (κ2) is 5.48. The summed E-state index contributed by atoms with van der Waals surface area (Å²) in [4.78, 5) is 0.260. The molecule has 1 aliphatic carbocycles. The number of hydrogen-bond donors (Lipinski definition) is 1. The minimum absolute atomic E-state index is 0.0173. The van der Waals surface area contributed by atoms with Crippen LogP contribution in [0.3, 0.4) is 0 Å². The highest BCUT2D eigenvalue weighted by Crippen LogP contribution is 2.38. The van der Waals surface area contributed by atoms with Crippen molar-refractivity contribution in [3.63, 3.8) is 0 Å². The van der Waals surface area contributed by atoms with Crippen molar-refractivity contribution >= 4 is 10.0 Å². The Morgan fingerprint density at radius 3 is 2.70 bits per heavy atom. The predicted octanol–water partition coefficient (Wildman–Crippen LogP) is 2.40. The molecule has 0 radical (unpaired) electrons. The molecule has 0 bridgehead atoms. The maximum atomic E-state index is 12.4. The number of nitrogens with zero attached hydrogens (tertiary/aromatic N) is 2. The molecular formula is C14H25N3O2S. The number of aryl methyl sites for hydroxylation is 1. The Morgan fingerprint density at radius 2 is 2.15 bits per heavy atom. The van der Waals surface area contributed by atoms with Gasteiger partial charge < -0.3 is 0 Å². The molecule has 20 heavy (non-hydrogen) atoms. The maximum absolute atomic E-state index is 12.4. The second-order valence-corrected chi connectivity index (χ2v) is 8.48. The molecule has 1 aliphatic rings. The lowest BCUT2D eigenvalue weighted by Crippen LogP contribution is -2.42. The fraction of sp³-hybridized carbons (Fsp3) is 0.786. The van der Waals surface area contributed by atoms with Crippen LogP contribution in [-0.4, -0.2) is 24.2 Å². The predicted molar refractivity (Wildman–Crippen MR) is 78.8 cm³/mol. The van der Waals surface area contributed by atoms with E-state index in [4.69, 9.17) is 0 Å². The van der Waals surface area contributed by atoms with Crippen LogP contribution in [0.5, 0.6) is 0 Å².